The molecule has 1 aliphatic rings. The molecule has 6 nitrogen and oxygen atoms in total. The molecule has 8 heteroatoms. The molecule has 0 aliphatic heterocycles. The molecule has 0 radical (unpaired) electrons. The van der Waals surface area contributed by atoms with Crippen molar-refractivity contribution in [2.24, 2.45) is 5.92 Å². The van der Waals surface area contributed by atoms with Crippen molar-refractivity contribution < 1.29 is 32.6 Å². The predicted molar refractivity (Wildman–Crippen MR) is 67.5 cm³/mol. The molecule has 0 N–H and O–H groups in total. The fourth-order valence-corrected chi connectivity index (χ4v) is 2.20. The van der Waals surface area contributed by atoms with Gasteiger partial charge in [-0.15, -0.1) is 0 Å². The first-order valence-electron chi connectivity index (χ1n) is 6.59. The number of nitrogens with zero attached hydrogens (tertiary/aromatic N) is 1. The van der Waals surface area contributed by atoms with Crippen LogP contribution in [0.25, 0.3) is 0 Å². The molecule has 1 fully saturated rings. The largest absolute Gasteiger partial charge is 0.468 e. The van der Waals surface area contributed by atoms with E-state index < -0.39 is 42.8 Å². The van der Waals surface area contributed by atoms with Crippen molar-refractivity contribution >= 4 is 17.8 Å². The minimum Gasteiger partial charge on any atom is -0.468 e. The van der Waals surface area contributed by atoms with Gasteiger partial charge in [0.2, 0.25) is 11.8 Å². The number of hydrogen-bond acceptors (Lipinski definition) is 5. The minimum atomic E-state index is -2.74. The quantitative estimate of drug-likeness (QED) is 0.708. The molecular formula is C13H19F2NO5. The molecule has 0 aromatic rings. The van der Waals surface area contributed by atoms with Crippen LogP contribution >= 0.6 is 0 Å². The Bertz CT molecular complexity index is 385. The third-order valence-corrected chi connectivity index (χ3v) is 3.47. The molecule has 21 heavy (non-hydrogen) atoms. The molecule has 1 rings (SSSR count). The van der Waals surface area contributed by atoms with Gasteiger partial charge in [0.15, 0.2) is 0 Å². The Morgan fingerprint density at radius 2 is 1.48 bits per heavy atom. The Morgan fingerprint density at radius 3 is 1.86 bits per heavy atom. The van der Waals surface area contributed by atoms with Crippen LogP contribution in [-0.2, 0) is 23.9 Å². The Balaban J connectivity index is 2.70. The van der Waals surface area contributed by atoms with Crippen molar-refractivity contribution in [1.82, 2.24) is 4.90 Å². The van der Waals surface area contributed by atoms with Gasteiger partial charge in [-0.1, -0.05) is 0 Å². The van der Waals surface area contributed by atoms with Crippen molar-refractivity contribution in [3.05, 3.63) is 0 Å². The molecule has 0 aromatic heterocycles. The maximum Gasteiger partial charge on any atom is 0.325 e. The number of methoxy groups -OCH3 is 2. The first-order chi connectivity index (χ1) is 9.79. The second kappa shape index (κ2) is 7.33. The van der Waals surface area contributed by atoms with Crippen molar-refractivity contribution in [1.29, 1.82) is 0 Å². The van der Waals surface area contributed by atoms with Crippen LogP contribution in [0.3, 0.4) is 0 Å². The third-order valence-electron chi connectivity index (χ3n) is 3.47. The average Bonchev–Trinajstić information content (AvgIpc) is 2.45. The average molecular weight is 307 g/mol. The fraction of sp³-hybridized carbons (Fsp3) is 0.769. The number of carbonyl (C=O) groups is 3. The summed E-state index contributed by atoms with van der Waals surface area (Å²) in [4.78, 5) is 35.9. The minimum absolute atomic E-state index is 0.0324. The van der Waals surface area contributed by atoms with E-state index in [4.69, 9.17) is 0 Å². The van der Waals surface area contributed by atoms with Crippen molar-refractivity contribution in [2.45, 2.75) is 31.6 Å². The summed E-state index contributed by atoms with van der Waals surface area (Å²) in [6.45, 7) is -0.811. The van der Waals surface area contributed by atoms with Crippen LogP contribution in [0.5, 0.6) is 0 Å². The molecule has 0 spiro atoms. The highest BCUT2D eigenvalue weighted by atomic mass is 19.3. The van der Waals surface area contributed by atoms with Crippen LogP contribution in [0.4, 0.5) is 8.78 Å². The number of ether oxygens (including phenoxy) is 2. The summed E-state index contributed by atoms with van der Waals surface area (Å²) in [5.74, 6) is -5.23. The number of amides is 1. The van der Waals surface area contributed by atoms with E-state index in [1.165, 1.54) is 0 Å². The molecule has 1 amide bonds. The number of rotatable bonds is 5. The summed E-state index contributed by atoms with van der Waals surface area (Å²) in [6.07, 6.45) is -0.670. The van der Waals surface area contributed by atoms with Gasteiger partial charge in [0, 0.05) is 18.8 Å². The highest BCUT2D eigenvalue weighted by Gasteiger charge is 2.39. The highest BCUT2D eigenvalue weighted by molar-refractivity contribution is 5.87. The van der Waals surface area contributed by atoms with E-state index in [-0.39, 0.29) is 25.7 Å². The summed E-state index contributed by atoms with van der Waals surface area (Å²) in [5.41, 5.74) is 0. The first-order valence-corrected chi connectivity index (χ1v) is 6.59. The molecule has 0 atom stereocenters. The van der Waals surface area contributed by atoms with E-state index in [1.807, 2.05) is 0 Å². The smallest absolute Gasteiger partial charge is 0.325 e. The third kappa shape index (κ3) is 5.28. The molecule has 0 saturated heterocycles. The Labute approximate surface area is 121 Å². The zero-order chi connectivity index (χ0) is 16.0. The first kappa shape index (κ1) is 17.3. The monoisotopic (exact) mass is 307 g/mol. The lowest BCUT2D eigenvalue weighted by atomic mass is 9.86. The van der Waals surface area contributed by atoms with Gasteiger partial charge in [0.25, 0.3) is 0 Å². The molecule has 1 aliphatic carbocycles. The van der Waals surface area contributed by atoms with Gasteiger partial charge in [0.05, 0.1) is 14.2 Å². The van der Waals surface area contributed by atoms with Crippen molar-refractivity contribution in [3.8, 4) is 0 Å². The van der Waals surface area contributed by atoms with Crippen LogP contribution in [0.1, 0.15) is 25.7 Å². The maximum absolute atomic E-state index is 13.1. The van der Waals surface area contributed by atoms with Gasteiger partial charge in [-0.2, -0.15) is 0 Å². The van der Waals surface area contributed by atoms with Gasteiger partial charge in [0.1, 0.15) is 13.1 Å². The lowest BCUT2D eigenvalue weighted by Crippen LogP contribution is -2.44. The van der Waals surface area contributed by atoms with Gasteiger partial charge in [-0.3, -0.25) is 14.4 Å². The second-order valence-corrected chi connectivity index (χ2v) is 4.98. The molecule has 0 bridgehead atoms. The zero-order valence-corrected chi connectivity index (χ0v) is 12.1. The summed E-state index contributed by atoms with van der Waals surface area (Å²) >= 11 is 0. The molecule has 1 saturated carbocycles. The fourth-order valence-electron chi connectivity index (χ4n) is 2.20. The van der Waals surface area contributed by atoms with Crippen molar-refractivity contribution in [3.63, 3.8) is 0 Å². The number of carbonyl (C=O) groups excluding carboxylic acids is 3. The second-order valence-electron chi connectivity index (χ2n) is 4.98. The normalized spacial score (nSPS) is 17.9. The van der Waals surface area contributed by atoms with E-state index in [0.717, 1.165) is 19.1 Å². The van der Waals surface area contributed by atoms with Gasteiger partial charge in [-0.25, -0.2) is 8.78 Å². The topological polar surface area (TPSA) is 72.9 Å². The standard InChI is InChI=1S/C13H19F2NO5/c1-20-10(17)7-16(8-11(18)21-2)12(19)9-3-5-13(14,15)6-4-9/h9H,3-8H2,1-2H3. The Morgan fingerprint density at radius 1 is 1.05 bits per heavy atom. The Hall–Kier alpha value is -1.73. The Kier molecular flexibility index (Phi) is 6.04. The molecule has 0 unspecified atom stereocenters. The number of hydrogen-bond donors (Lipinski definition) is 0. The van der Waals surface area contributed by atoms with Gasteiger partial charge in [-0.05, 0) is 12.8 Å². The summed E-state index contributed by atoms with van der Waals surface area (Å²) < 4.78 is 35.1. The van der Waals surface area contributed by atoms with Crippen LogP contribution < -0.4 is 0 Å². The van der Waals surface area contributed by atoms with Crippen LogP contribution in [0.15, 0.2) is 0 Å². The SMILES string of the molecule is COC(=O)CN(CC(=O)OC)C(=O)C1CCC(F)(F)CC1. The van der Waals surface area contributed by atoms with E-state index in [2.05, 4.69) is 9.47 Å². The molecule has 120 valence electrons. The number of esters is 2. The number of alkyl halides is 2. The highest BCUT2D eigenvalue weighted by Crippen LogP contribution is 2.36. The van der Waals surface area contributed by atoms with Crippen LogP contribution in [0, 0.1) is 5.92 Å². The summed E-state index contributed by atoms with van der Waals surface area (Å²) in [7, 11) is 2.31. The van der Waals surface area contributed by atoms with E-state index >= 15 is 0 Å². The van der Waals surface area contributed by atoms with E-state index in [1.54, 1.807) is 0 Å². The lowest BCUT2D eigenvalue weighted by Gasteiger charge is -2.31. The van der Waals surface area contributed by atoms with Gasteiger partial charge >= 0.3 is 11.9 Å². The van der Waals surface area contributed by atoms with Crippen molar-refractivity contribution in [2.75, 3.05) is 27.3 Å². The zero-order valence-electron chi connectivity index (χ0n) is 12.1. The van der Waals surface area contributed by atoms with E-state index in [9.17, 15) is 23.2 Å². The lowest BCUT2D eigenvalue weighted by molar-refractivity contribution is -0.155. The van der Waals surface area contributed by atoms with Crippen LogP contribution in [0.2, 0.25) is 0 Å². The maximum atomic E-state index is 13.1. The molecule has 0 heterocycles. The van der Waals surface area contributed by atoms with E-state index in [0.29, 0.717) is 0 Å². The number of halogens is 2. The van der Waals surface area contributed by atoms with Crippen LogP contribution in [-0.4, -0.2) is 56.0 Å². The molecular weight excluding hydrogens is 288 g/mol. The molecule has 0 aromatic carbocycles. The predicted octanol–water partition coefficient (Wildman–Crippen LogP) is 0.986. The summed E-state index contributed by atoms with van der Waals surface area (Å²) in [5, 5.41) is 0. The van der Waals surface area contributed by atoms with Gasteiger partial charge < -0.3 is 14.4 Å². The summed E-state index contributed by atoms with van der Waals surface area (Å²) in [6, 6.07) is 0.